The Morgan fingerprint density at radius 1 is 0.368 bits per heavy atom. The maximum Gasteiger partial charge on any atom is 0.0125 e. The van der Waals surface area contributed by atoms with Crippen molar-refractivity contribution >= 4 is 0 Å². The summed E-state index contributed by atoms with van der Waals surface area (Å²) in [7, 11) is 0. The Balaban J connectivity index is 3.31. The minimum atomic E-state index is 0.0668. The van der Waals surface area contributed by atoms with Gasteiger partial charge in [0.15, 0.2) is 0 Å². The van der Waals surface area contributed by atoms with E-state index in [1.54, 1.807) is 0 Å². The minimum Gasteiger partial charge on any atom is -0.325 e. The van der Waals surface area contributed by atoms with Crippen LogP contribution < -0.4 is 5.73 Å². The van der Waals surface area contributed by atoms with Crippen LogP contribution in [0.2, 0.25) is 0 Å². The molecular weight excluding hydrogens is 458 g/mol. The number of rotatable bonds is 32. The molecule has 38 heavy (non-hydrogen) atoms. The molecule has 1 unspecified atom stereocenters. The van der Waals surface area contributed by atoms with Crippen molar-refractivity contribution < 1.29 is 0 Å². The second-order valence-electron chi connectivity index (χ2n) is 13.0. The van der Waals surface area contributed by atoms with Crippen LogP contribution in [0, 0.1) is 0 Å². The predicted molar refractivity (Wildman–Crippen MR) is 176 cm³/mol. The molecule has 0 saturated heterocycles. The Labute approximate surface area is 243 Å². The molecule has 0 aromatic carbocycles. The van der Waals surface area contributed by atoms with Crippen LogP contribution in [0.4, 0.5) is 0 Å². The smallest absolute Gasteiger partial charge is 0.0125 e. The second-order valence-corrected chi connectivity index (χ2v) is 13.0. The molecule has 1 heteroatoms. The first-order valence-electron chi connectivity index (χ1n) is 18.1. The van der Waals surface area contributed by atoms with Crippen molar-refractivity contribution in [2.45, 2.75) is 225 Å². The Bertz CT molecular complexity index is 452. The van der Waals surface area contributed by atoms with Gasteiger partial charge in [-0.15, -0.1) is 0 Å². The highest BCUT2D eigenvalue weighted by Crippen LogP contribution is 2.21. The lowest BCUT2D eigenvalue weighted by molar-refractivity contribution is 0.363. The van der Waals surface area contributed by atoms with Crippen LogP contribution in [0.3, 0.4) is 0 Å². The van der Waals surface area contributed by atoms with E-state index < -0.39 is 0 Å². The standard InChI is InChI=1S/C37H75N/c1-4-6-8-10-12-14-16-18-20-22-24-26-28-30-32-34-36-37(3,38)35-33-31-29-27-25-23-21-19-17-15-13-11-9-7-5-2/h17,19H,4-16,18,20-36,38H2,1-3H3. The van der Waals surface area contributed by atoms with Crippen LogP contribution in [-0.2, 0) is 0 Å². The summed E-state index contributed by atoms with van der Waals surface area (Å²) >= 11 is 0. The van der Waals surface area contributed by atoms with Gasteiger partial charge in [0, 0.05) is 5.54 Å². The van der Waals surface area contributed by atoms with Gasteiger partial charge in [0.1, 0.15) is 0 Å². The van der Waals surface area contributed by atoms with Gasteiger partial charge in [-0.3, -0.25) is 0 Å². The average Bonchev–Trinajstić information content (AvgIpc) is 2.90. The third-order valence-corrected chi connectivity index (χ3v) is 8.61. The van der Waals surface area contributed by atoms with Gasteiger partial charge in [0.05, 0.1) is 0 Å². The molecule has 0 rings (SSSR count). The number of hydrogen-bond acceptors (Lipinski definition) is 1. The fourth-order valence-corrected chi connectivity index (χ4v) is 5.80. The molecule has 1 nitrogen and oxygen atoms in total. The third kappa shape index (κ3) is 31.9. The fraction of sp³-hybridized carbons (Fsp3) is 0.946. The van der Waals surface area contributed by atoms with E-state index >= 15 is 0 Å². The summed E-state index contributed by atoms with van der Waals surface area (Å²) in [6, 6.07) is 0. The van der Waals surface area contributed by atoms with Crippen LogP contribution in [0.15, 0.2) is 12.2 Å². The van der Waals surface area contributed by atoms with Gasteiger partial charge in [-0.25, -0.2) is 0 Å². The van der Waals surface area contributed by atoms with E-state index in [0.717, 1.165) is 0 Å². The van der Waals surface area contributed by atoms with E-state index in [4.69, 9.17) is 5.73 Å². The van der Waals surface area contributed by atoms with Crippen molar-refractivity contribution in [3.8, 4) is 0 Å². The Morgan fingerprint density at radius 3 is 0.895 bits per heavy atom. The van der Waals surface area contributed by atoms with Crippen molar-refractivity contribution in [3.05, 3.63) is 12.2 Å². The molecule has 0 aliphatic heterocycles. The van der Waals surface area contributed by atoms with E-state index in [0.29, 0.717) is 0 Å². The van der Waals surface area contributed by atoms with Crippen molar-refractivity contribution in [2.75, 3.05) is 0 Å². The van der Waals surface area contributed by atoms with Gasteiger partial charge in [0.25, 0.3) is 0 Å². The first kappa shape index (κ1) is 37.7. The quantitative estimate of drug-likeness (QED) is 0.0675. The number of allylic oxidation sites excluding steroid dienone is 2. The van der Waals surface area contributed by atoms with Gasteiger partial charge in [0.2, 0.25) is 0 Å². The largest absolute Gasteiger partial charge is 0.325 e. The highest BCUT2D eigenvalue weighted by Gasteiger charge is 2.16. The van der Waals surface area contributed by atoms with E-state index in [-0.39, 0.29) is 5.54 Å². The van der Waals surface area contributed by atoms with Crippen molar-refractivity contribution in [1.82, 2.24) is 0 Å². The summed E-state index contributed by atoms with van der Waals surface area (Å²) in [6.07, 6.45) is 48.2. The molecule has 0 spiro atoms. The molecule has 0 aromatic rings. The molecule has 0 saturated carbocycles. The van der Waals surface area contributed by atoms with E-state index in [1.807, 2.05) is 0 Å². The lowest BCUT2D eigenvalue weighted by Crippen LogP contribution is -2.35. The number of unbranched alkanes of at least 4 members (excludes halogenated alkanes) is 26. The highest BCUT2D eigenvalue weighted by atomic mass is 14.7. The summed E-state index contributed by atoms with van der Waals surface area (Å²) in [5.74, 6) is 0. The van der Waals surface area contributed by atoms with Crippen LogP contribution in [0.5, 0.6) is 0 Å². The van der Waals surface area contributed by atoms with Gasteiger partial charge in [-0.2, -0.15) is 0 Å². The third-order valence-electron chi connectivity index (χ3n) is 8.61. The molecule has 0 bridgehead atoms. The molecule has 0 heterocycles. The molecule has 0 amide bonds. The van der Waals surface area contributed by atoms with Gasteiger partial charge < -0.3 is 5.73 Å². The van der Waals surface area contributed by atoms with Crippen LogP contribution in [0.25, 0.3) is 0 Å². The summed E-state index contributed by atoms with van der Waals surface area (Å²) in [4.78, 5) is 0. The molecular formula is C37H75N. The molecule has 0 aliphatic carbocycles. The average molecular weight is 534 g/mol. The molecule has 2 N–H and O–H groups in total. The van der Waals surface area contributed by atoms with E-state index in [9.17, 15) is 0 Å². The molecule has 0 aromatic heterocycles. The Hall–Kier alpha value is -0.300. The zero-order chi connectivity index (χ0) is 27.8. The van der Waals surface area contributed by atoms with Gasteiger partial charge in [-0.1, -0.05) is 187 Å². The van der Waals surface area contributed by atoms with Crippen LogP contribution in [0.1, 0.15) is 220 Å². The van der Waals surface area contributed by atoms with Crippen LogP contribution >= 0.6 is 0 Å². The van der Waals surface area contributed by atoms with E-state index in [2.05, 4.69) is 32.9 Å². The Morgan fingerprint density at radius 2 is 0.605 bits per heavy atom. The lowest BCUT2D eigenvalue weighted by Gasteiger charge is -2.24. The van der Waals surface area contributed by atoms with Gasteiger partial charge >= 0.3 is 0 Å². The zero-order valence-corrected chi connectivity index (χ0v) is 27.2. The summed E-state index contributed by atoms with van der Waals surface area (Å²) in [5.41, 5.74) is 6.69. The van der Waals surface area contributed by atoms with Crippen molar-refractivity contribution in [1.29, 1.82) is 0 Å². The normalized spacial score (nSPS) is 13.5. The molecule has 228 valence electrons. The summed E-state index contributed by atoms with van der Waals surface area (Å²) in [6.45, 7) is 6.89. The SMILES string of the molecule is CCCCCCCC=CCCCCCCCCC(C)(N)CCCCCCCCCCCCCCCCCC. The molecule has 1 atom stereocenters. The fourth-order valence-electron chi connectivity index (χ4n) is 5.80. The summed E-state index contributed by atoms with van der Waals surface area (Å²) < 4.78 is 0. The predicted octanol–water partition coefficient (Wildman–Crippen LogP) is 13.4. The second kappa shape index (κ2) is 31.2. The number of hydrogen-bond donors (Lipinski definition) is 1. The monoisotopic (exact) mass is 534 g/mol. The van der Waals surface area contributed by atoms with Crippen LogP contribution in [-0.4, -0.2) is 5.54 Å². The van der Waals surface area contributed by atoms with Crippen molar-refractivity contribution in [3.63, 3.8) is 0 Å². The molecule has 0 radical (unpaired) electrons. The summed E-state index contributed by atoms with van der Waals surface area (Å²) in [5, 5.41) is 0. The maximum absolute atomic E-state index is 6.62. The molecule has 0 fully saturated rings. The van der Waals surface area contributed by atoms with Gasteiger partial charge in [-0.05, 0) is 45.4 Å². The zero-order valence-electron chi connectivity index (χ0n) is 27.2. The molecule has 0 aliphatic rings. The first-order valence-corrected chi connectivity index (χ1v) is 18.1. The first-order chi connectivity index (χ1) is 18.6. The van der Waals surface area contributed by atoms with E-state index in [1.165, 1.54) is 199 Å². The topological polar surface area (TPSA) is 26.0 Å². The minimum absolute atomic E-state index is 0.0668. The Kier molecular flexibility index (Phi) is 31.0. The number of nitrogens with two attached hydrogens (primary N) is 1. The highest BCUT2D eigenvalue weighted by molar-refractivity contribution is 4.81. The maximum atomic E-state index is 6.62. The van der Waals surface area contributed by atoms with Crippen molar-refractivity contribution in [2.24, 2.45) is 5.73 Å². The lowest BCUT2D eigenvalue weighted by atomic mass is 9.89.